The maximum absolute atomic E-state index is 11.5. The second-order valence-electron chi connectivity index (χ2n) is 4.03. The van der Waals surface area contributed by atoms with Crippen molar-refractivity contribution >= 4 is 5.91 Å². The van der Waals surface area contributed by atoms with E-state index < -0.39 is 0 Å². The summed E-state index contributed by atoms with van der Waals surface area (Å²) in [6.45, 7) is 0.536. The SMILES string of the molecule is CNC(=O)c1cccc(OCCc2ccccn2)c1. The standard InChI is InChI=1S/C15H16N2O2/c1-16-15(18)12-5-4-7-14(11-12)19-10-8-13-6-2-3-9-17-13/h2-7,9,11H,8,10H2,1H3,(H,16,18). The summed E-state index contributed by atoms with van der Waals surface area (Å²) in [4.78, 5) is 15.7. The van der Waals surface area contributed by atoms with Crippen molar-refractivity contribution in [2.75, 3.05) is 13.7 Å². The molecule has 1 aromatic heterocycles. The first-order valence-corrected chi connectivity index (χ1v) is 6.14. The third-order valence-electron chi connectivity index (χ3n) is 2.68. The number of nitrogens with one attached hydrogen (secondary N) is 1. The van der Waals surface area contributed by atoms with Crippen LogP contribution < -0.4 is 10.1 Å². The van der Waals surface area contributed by atoms with E-state index in [9.17, 15) is 4.79 Å². The van der Waals surface area contributed by atoms with E-state index in [1.165, 1.54) is 0 Å². The second kappa shape index (κ2) is 6.54. The minimum Gasteiger partial charge on any atom is -0.493 e. The molecule has 98 valence electrons. The van der Waals surface area contributed by atoms with Gasteiger partial charge in [-0.05, 0) is 30.3 Å². The Morgan fingerprint density at radius 2 is 2.16 bits per heavy atom. The molecule has 0 aliphatic carbocycles. The fourth-order valence-electron chi connectivity index (χ4n) is 1.69. The third kappa shape index (κ3) is 3.81. The van der Waals surface area contributed by atoms with Gasteiger partial charge >= 0.3 is 0 Å². The van der Waals surface area contributed by atoms with Crippen molar-refractivity contribution in [3.05, 3.63) is 59.9 Å². The molecule has 0 unspecified atom stereocenters. The Hall–Kier alpha value is -2.36. The van der Waals surface area contributed by atoms with Gasteiger partial charge in [0, 0.05) is 30.9 Å². The van der Waals surface area contributed by atoms with Crippen LogP contribution in [-0.4, -0.2) is 24.5 Å². The van der Waals surface area contributed by atoms with Crippen molar-refractivity contribution in [1.29, 1.82) is 0 Å². The molecule has 0 radical (unpaired) electrons. The van der Waals surface area contributed by atoms with Gasteiger partial charge in [0.25, 0.3) is 5.91 Å². The number of aromatic nitrogens is 1. The largest absolute Gasteiger partial charge is 0.493 e. The van der Waals surface area contributed by atoms with Crippen molar-refractivity contribution in [1.82, 2.24) is 10.3 Å². The maximum Gasteiger partial charge on any atom is 0.251 e. The molecule has 2 rings (SSSR count). The highest BCUT2D eigenvalue weighted by atomic mass is 16.5. The molecule has 1 aromatic carbocycles. The molecule has 0 fully saturated rings. The predicted molar refractivity (Wildman–Crippen MR) is 73.3 cm³/mol. The summed E-state index contributed by atoms with van der Waals surface area (Å²) in [5.74, 6) is 0.576. The lowest BCUT2D eigenvalue weighted by Gasteiger charge is -2.07. The van der Waals surface area contributed by atoms with Gasteiger partial charge in [-0.3, -0.25) is 9.78 Å². The molecule has 0 aliphatic rings. The van der Waals surface area contributed by atoms with Crippen LogP contribution in [0.1, 0.15) is 16.1 Å². The van der Waals surface area contributed by atoms with Crippen molar-refractivity contribution in [2.24, 2.45) is 0 Å². The minimum absolute atomic E-state index is 0.116. The highest BCUT2D eigenvalue weighted by Gasteiger charge is 2.04. The number of ether oxygens (including phenoxy) is 1. The number of hydrogen-bond donors (Lipinski definition) is 1. The molecule has 2 aromatic rings. The van der Waals surface area contributed by atoms with Crippen LogP contribution in [-0.2, 0) is 6.42 Å². The van der Waals surface area contributed by atoms with Crippen LogP contribution in [0.25, 0.3) is 0 Å². The van der Waals surface area contributed by atoms with Crippen LogP contribution in [0.5, 0.6) is 5.75 Å². The Labute approximate surface area is 112 Å². The molecule has 0 spiro atoms. The average Bonchev–Trinajstić information content (AvgIpc) is 2.48. The van der Waals surface area contributed by atoms with Gasteiger partial charge in [-0.2, -0.15) is 0 Å². The van der Waals surface area contributed by atoms with E-state index in [0.29, 0.717) is 17.9 Å². The van der Waals surface area contributed by atoms with Gasteiger partial charge in [0.05, 0.1) is 6.61 Å². The number of carbonyl (C=O) groups excluding carboxylic acids is 1. The van der Waals surface area contributed by atoms with Crippen LogP contribution in [0.15, 0.2) is 48.7 Å². The molecule has 4 nitrogen and oxygen atoms in total. The summed E-state index contributed by atoms with van der Waals surface area (Å²) >= 11 is 0. The number of nitrogens with zero attached hydrogens (tertiary/aromatic N) is 1. The van der Waals surface area contributed by atoms with Gasteiger partial charge in [0.2, 0.25) is 0 Å². The molecule has 0 bridgehead atoms. The van der Waals surface area contributed by atoms with E-state index in [4.69, 9.17) is 4.74 Å². The van der Waals surface area contributed by atoms with E-state index in [1.807, 2.05) is 24.3 Å². The zero-order chi connectivity index (χ0) is 13.5. The summed E-state index contributed by atoms with van der Waals surface area (Å²) < 4.78 is 5.63. The van der Waals surface area contributed by atoms with E-state index in [-0.39, 0.29) is 5.91 Å². The molecule has 1 amide bonds. The first kappa shape index (κ1) is 13.1. The summed E-state index contributed by atoms with van der Waals surface area (Å²) in [7, 11) is 1.61. The highest BCUT2D eigenvalue weighted by Crippen LogP contribution is 2.13. The van der Waals surface area contributed by atoms with Gasteiger partial charge in [0.15, 0.2) is 0 Å². The molecular weight excluding hydrogens is 240 g/mol. The number of carbonyl (C=O) groups is 1. The summed E-state index contributed by atoms with van der Waals surface area (Å²) in [5.41, 5.74) is 1.59. The van der Waals surface area contributed by atoms with Crippen LogP contribution in [0, 0.1) is 0 Å². The van der Waals surface area contributed by atoms with E-state index in [0.717, 1.165) is 12.1 Å². The second-order valence-corrected chi connectivity index (χ2v) is 4.03. The van der Waals surface area contributed by atoms with Crippen LogP contribution in [0.3, 0.4) is 0 Å². The molecule has 0 saturated carbocycles. The van der Waals surface area contributed by atoms with E-state index >= 15 is 0 Å². The summed E-state index contributed by atoms with van der Waals surface area (Å²) in [5, 5.41) is 2.59. The lowest BCUT2D eigenvalue weighted by atomic mass is 10.2. The molecule has 0 atom stereocenters. The fourth-order valence-corrected chi connectivity index (χ4v) is 1.69. The fraction of sp³-hybridized carbons (Fsp3) is 0.200. The molecular formula is C15H16N2O2. The highest BCUT2D eigenvalue weighted by molar-refractivity contribution is 5.94. The Morgan fingerprint density at radius 1 is 1.26 bits per heavy atom. The number of hydrogen-bond acceptors (Lipinski definition) is 3. The Kier molecular flexibility index (Phi) is 4.50. The van der Waals surface area contributed by atoms with E-state index in [2.05, 4.69) is 10.3 Å². The van der Waals surface area contributed by atoms with Gasteiger partial charge in [0.1, 0.15) is 5.75 Å². The van der Waals surface area contributed by atoms with E-state index in [1.54, 1.807) is 31.4 Å². The molecule has 19 heavy (non-hydrogen) atoms. The number of pyridine rings is 1. The predicted octanol–water partition coefficient (Wildman–Crippen LogP) is 2.06. The number of benzene rings is 1. The lowest BCUT2D eigenvalue weighted by Crippen LogP contribution is -2.17. The van der Waals surface area contributed by atoms with Crippen molar-refractivity contribution in [3.8, 4) is 5.75 Å². The number of rotatable bonds is 5. The smallest absolute Gasteiger partial charge is 0.251 e. The Bertz CT molecular complexity index is 541. The maximum atomic E-state index is 11.5. The van der Waals surface area contributed by atoms with Gasteiger partial charge in [-0.25, -0.2) is 0 Å². The molecule has 1 N–H and O–H groups in total. The molecule has 0 saturated heterocycles. The zero-order valence-electron chi connectivity index (χ0n) is 10.8. The zero-order valence-corrected chi connectivity index (χ0v) is 10.8. The Balaban J connectivity index is 1.91. The van der Waals surface area contributed by atoms with Crippen LogP contribution >= 0.6 is 0 Å². The normalized spacial score (nSPS) is 9.95. The quantitative estimate of drug-likeness (QED) is 0.891. The average molecular weight is 256 g/mol. The summed E-state index contributed by atoms with van der Waals surface area (Å²) in [6, 6.07) is 12.9. The summed E-state index contributed by atoms with van der Waals surface area (Å²) in [6.07, 6.45) is 2.51. The van der Waals surface area contributed by atoms with Gasteiger partial charge in [-0.15, -0.1) is 0 Å². The van der Waals surface area contributed by atoms with Gasteiger partial charge in [-0.1, -0.05) is 12.1 Å². The number of amides is 1. The molecule has 1 heterocycles. The lowest BCUT2D eigenvalue weighted by molar-refractivity contribution is 0.0962. The first-order valence-electron chi connectivity index (χ1n) is 6.14. The van der Waals surface area contributed by atoms with Crippen molar-refractivity contribution in [3.63, 3.8) is 0 Å². The van der Waals surface area contributed by atoms with Crippen LogP contribution in [0.2, 0.25) is 0 Å². The Morgan fingerprint density at radius 3 is 2.89 bits per heavy atom. The van der Waals surface area contributed by atoms with Crippen molar-refractivity contribution in [2.45, 2.75) is 6.42 Å². The van der Waals surface area contributed by atoms with Gasteiger partial charge < -0.3 is 10.1 Å². The first-order chi connectivity index (χ1) is 9.29. The molecule has 0 aliphatic heterocycles. The van der Waals surface area contributed by atoms with Crippen LogP contribution in [0.4, 0.5) is 0 Å². The topological polar surface area (TPSA) is 51.2 Å². The van der Waals surface area contributed by atoms with Crippen molar-refractivity contribution < 1.29 is 9.53 Å². The minimum atomic E-state index is -0.116. The molecule has 4 heteroatoms. The monoisotopic (exact) mass is 256 g/mol. The third-order valence-corrected chi connectivity index (χ3v) is 2.68.